The minimum absolute atomic E-state index is 0.321. The van der Waals surface area contributed by atoms with Crippen LogP contribution in [0.1, 0.15) is 18.7 Å². The molecule has 2 heterocycles. The van der Waals surface area contributed by atoms with E-state index in [0.717, 1.165) is 5.56 Å². The van der Waals surface area contributed by atoms with Gasteiger partial charge in [0.1, 0.15) is 24.4 Å². The second-order valence-electron chi connectivity index (χ2n) is 6.16. The van der Waals surface area contributed by atoms with E-state index in [4.69, 9.17) is 9.15 Å². The third-order valence-corrected chi connectivity index (χ3v) is 4.29. The number of oxazole rings is 1. The van der Waals surface area contributed by atoms with Crippen molar-refractivity contribution in [2.24, 2.45) is 0 Å². The number of carbonyl (C=O) groups is 1. The molecule has 1 fully saturated rings. The van der Waals surface area contributed by atoms with Gasteiger partial charge in [0, 0.05) is 6.92 Å². The van der Waals surface area contributed by atoms with E-state index >= 15 is 0 Å². The van der Waals surface area contributed by atoms with Crippen molar-refractivity contribution in [3.8, 4) is 0 Å². The maximum atomic E-state index is 12.4. The van der Waals surface area contributed by atoms with Gasteiger partial charge in [0.25, 0.3) is 0 Å². The number of ether oxygens (including phenoxy) is 1. The molecule has 0 aliphatic carbocycles. The lowest BCUT2D eigenvalue weighted by molar-refractivity contribution is -0.216. The Balaban J connectivity index is 2.14. The van der Waals surface area contributed by atoms with E-state index < -0.39 is 48.9 Å². The number of benzene rings is 1. The molecule has 9 nitrogen and oxygen atoms in total. The zero-order valence-electron chi connectivity index (χ0n) is 13.7. The fourth-order valence-electron chi connectivity index (χ4n) is 3.09. The molecule has 1 aromatic carbocycles. The summed E-state index contributed by atoms with van der Waals surface area (Å²) in [6, 6.07) is 4.01. The standard InChI is InChI=1S/C16H20N2O7/c1-7-3-4-10-9(5-7)18(16(23)25-10)15-12(17-8(2)20)14(22)13(21)11(6-19)24-15/h3-5,11-15,19,21-22H,6H2,1-2H3,(H,17,20)/t11-,12+,13+,14-,15+/m1/s1. The smallest absolute Gasteiger partial charge is 0.408 e. The van der Waals surface area contributed by atoms with Crippen LogP contribution in [0.3, 0.4) is 0 Å². The molecule has 4 N–H and O–H groups in total. The van der Waals surface area contributed by atoms with Gasteiger partial charge in [-0.05, 0) is 24.6 Å². The summed E-state index contributed by atoms with van der Waals surface area (Å²) in [5.41, 5.74) is 1.61. The summed E-state index contributed by atoms with van der Waals surface area (Å²) < 4.78 is 12.0. The van der Waals surface area contributed by atoms with Crippen molar-refractivity contribution in [1.29, 1.82) is 0 Å². The van der Waals surface area contributed by atoms with Gasteiger partial charge in [0.15, 0.2) is 11.8 Å². The van der Waals surface area contributed by atoms with Crippen LogP contribution in [-0.2, 0) is 9.53 Å². The fraction of sp³-hybridized carbons (Fsp3) is 0.500. The number of fused-ring (bicyclic) bond motifs is 1. The monoisotopic (exact) mass is 352 g/mol. The summed E-state index contributed by atoms with van der Waals surface area (Å²) in [4.78, 5) is 23.9. The van der Waals surface area contributed by atoms with Crippen molar-refractivity contribution < 1.29 is 29.3 Å². The van der Waals surface area contributed by atoms with Gasteiger partial charge >= 0.3 is 5.76 Å². The van der Waals surface area contributed by atoms with E-state index in [1.165, 1.54) is 11.5 Å². The Morgan fingerprint density at radius 2 is 2.04 bits per heavy atom. The second-order valence-corrected chi connectivity index (χ2v) is 6.16. The highest BCUT2D eigenvalue weighted by Crippen LogP contribution is 2.30. The number of aliphatic hydroxyl groups excluding tert-OH is 3. The molecule has 25 heavy (non-hydrogen) atoms. The highest BCUT2D eigenvalue weighted by Gasteiger charge is 2.46. The average Bonchev–Trinajstić information content (AvgIpc) is 2.87. The molecular weight excluding hydrogens is 332 g/mol. The van der Waals surface area contributed by atoms with Crippen molar-refractivity contribution in [3.05, 3.63) is 34.3 Å². The third-order valence-electron chi connectivity index (χ3n) is 4.29. The van der Waals surface area contributed by atoms with Crippen LogP contribution >= 0.6 is 0 Å². The van der Waals surface area contributed by atoms with Gasteiger partial charge in [-0.15, -0.1) is 0 Å². The van der Waals surface area contributed by atoms with E-state index in [1.54, 1.807) is 18.2 Å². The lowest BCUT2D eigenvalue weighted by atomic mass is 9.95. The third kappa shape index (κ3) is 3.07. The summed E-state index contributed by atoms with van der Waals surface area (Å²) in [7, 11) is 0. The minimum Gasteiger partial charge on any atom is -0.408 e. The van der Waals surface area contributed by atoms with Crippen LogP contribution < -0.4 is 11.1 Å². The summed E-state index contributed by atoms with van der Waals surface area (Å²) in [5.74, 6) is -1.20. The Hall–Kier alpha value is -2.20. The van der Waals surface area contributed by atoms with Gasteiger partial charge in [0.2, 0.25) is 5.91 Å². The molecule has 2 aromatic rings. The Kier molecular flexibility index (Phi) is 4.65. The highest BCUT2D eigenvalue weighted by atomic mass is 16.5. The van der Waals surface area contributed by atoms with Crippen LogP contribution in [0, 0.1) is 6.92 Å². The number of nitrogens with one attached hydrogen (secondary N) is 1. The van der Waals surface area contributed by atoms with E-state index in [1.807, 2.05) is 6.92 Å². The number of aryl methyl sites for hydroxylation is 1. The number of nitrogens with zero attached hydrogens (tertiary/aromatic N) is 1. The maximum absolute atomic E-state index is 12.4. The summed E-state index contributed by atoms with van der Waals surface area (Å²) in [6.45, 7) is 2.52. The predicted molar refractivity (Wildman–Crippen MR) is 85.8 cm³/mol. The quantitative estimate of drug-likeness (QED) is 0.558. The molecule has 0 bridgehead atoms. The number of hydrogen-bond donors (Lipinski definition) is 4. The molecule has 1 aliphatic heterocycles. The van der Waals surface area contributed by atoms with E-state index in [9.17, 15) is 24.9 Å². The Labute approximate surface area is 142 Å². The molecule has 1 amide bonds. The SMILES string of the molecule is CC(=O)N[C@H]1[C@@H](O)[C@@H](O)[C@@H](CO)O[C@@H]1n1c(=O)oc2ccc(C)cc21. The van der Waals surface area contributed by atoms with Gasteiger partial charge in [-0.25, -0.2) is 9.36 Å². The van der Waals surface area contributed by atoms with E-state index in [2.05, 4.69) is 5.32 Å². The molecule has 0 unspecified atom stereocenters. The van der Waals surface area contributed by atoms with Crippen molar-refractivity contribution in [2.75, 3.05) is 6.61 Å². The number of rotatable bonds is 3. The van der Waals surface area contributed by atoms with Crippen molar-refractivity contribution in [2.45, 2.75) is 44.4 Å². The number of amides is 1. The van der Waals surface area contributed by atoms with Crippen LogP contribution in [0.4, 0.5) is 0 Å². The first-order valence-electron chi connectivity index (χ1n) is 7.84. The molecule has 136 valence electrons. The zero-order chi connectivity index (χ0) is 18.3. The Morgan fingerprint density at radius 1 is 1.32 bits per heavy atom. The Bertz CT molecular complexity index is 843. The molecular formula is C16H20N2O7. The first-order valence-corrected chi connectivity index (χ1v) is 7.84. The number of hydrogen-bond acceptors (Lipinski definition) is 7. The van der Waals surface area contributed by atoms with E-state index in [0.29, 0.717) is 11.1 Å². The summed E-state index contributed by atoms with van der Waals surface area (Å²) in [5, 5.41) is 32.3. The summed E-state index contributed by atoms with van der Waals surface area (Å²) in [6.07, 6.45) is -5.14. The normalized spacial score (nSPS) is 29.7. The van der Waals surface area contributed by atoms with Crippen LogP contribution in [0.15, 0.2) is 27.4 Å². The van der Waals surface area contributed by atoms with Gasteiger partial charge in [-0.2, -0.15) is 0 Å². The first kappa shape index (κ1) is 17.6. The molecule has 1 saturated heterocycles. The summed E-state index contributed by atoms with van der Waals surface area (Å²) >= 11 is 0. The molecule has 3 rings (SSSR count). The number of aliphatic hydroxyl groups is 3. The molecule has 5 atom stereocenters. The van der Waals surface area contributed by atoms with Gasteiger partial charge in [-0.1, -0.05) is 6.07 Å². The van der Waals surface area contributed by atoms with E-state index in [-0.39, 0.29) is 0 Å². The van der Waals surface area contributed by atoms with Crippen molar-refractivity contribution in [1.82, 2.24) is 9.88 Å². The van der Waals surface area contributed by atoms with Crippen LogP contribution in [0.25, 0.3) is 11.1 Å². The highest BCUT2D eigenvalue weighted by molar-refractivity contribution is 5.75. The predicted octanol–water partition coefficient (Wildman–Crippen LogP) is -0.981. The van der Waals surface area contributed by atoms with Gasteiger partial charge in [0.05, 0.1) is 12.1 Å². The average molecular weight is 352 g/mol. The lowest BCUT2D eigenvalue weighted by Crippen LogP contribution is -2.62. The molecule has 1 aliphatic rings. The van der Waals surface area contributed by atoms with Crippen molar-refractivity contribution >= 4 is 17.0 Å². The van der Waals surface area contributed by atoms with Crippen LogP contribution in [0.5, 0.6) is 0 Å². The van der Waals surface area contributed by atoms with Crippen molar-refractivity contribution in [3.63, 3.8) is 0 Å². The van der Waals surface area contributed by atoms with Gasteiger partial charge in [-0.3, -0.25) is 4.79 Å². The number of carbonyl (C=O) groups excluding carboxylic acids is 1. The zero-order valence-corrected chi connectivity index (χ0v) is 13.7. The maximum Gasteiger partial charge on any atom is 0.422 e. The fourth-order valence-corrected chi connectivity index (χ4v) is 3.09. The Morgan fingerprint density at radius 3 is 2.68 bits per heavy atom. The molecule has 0 spiro atoms. The second kappa shape index (κ2) is 6.60. The van der Waals surface area contributed by atoms with Crippen LogP contribution in [-0.4, -0.2) is 56.8 Å². The molecule has 0 saturated carbocycles. The first-order chi connectivity index (χ1) is 11.8. The van der Waals surface area contributed by atoms with Crippen LogP contribution in [0.2, 0.25) is 0 Å². The molecule has 0 radical (unpaired) electrons. The number of aromatic nitrogens is 1. The topological polar surface area (TPSA) is 134 Å². The van der Waals surface area contributed by atoms with Gasteiger partial charge < -0.3 is 29.8 Å². The molecule has 9 heteroatoms. The lowest BCUT2D eigenvalue weighted by Gasteiger charge is -2.42. The largest absolute Gasteiger partial charge is 0.422 e. The minimum atomic E-state index is -1.44. The molecule has 1 aromatic heterocycles.